The summed E-state index contributed by atoms with van der Waals surface area (Å²) in [7, 11) is 1.52. The van der Waals surface area contributed by atoms with Crippen LogP contribution in [0.25, 0.3) is 0 Å². The van der Waals surface area contributed by atoms with Crippen molar-refractivity contribution >= 4 is 11.8 Å². The molecule has 0 aliphatic carbocycles. The lowest BCUT2D eigenvalue weighted by Crippen LogP contribution is -2.56. The summed E-state index contributed by atoms with van der Waals surface area (Å²) in [6.45, 7) is 3.08. The number of nitrogens with two attached hydrogens (primary N) is 1. The molecule has 0 spiro atoms. The number of carbonyl (C=O) groups is 2. The van der Waals surface area contributed by atoms with Gasteiger partial charge in [0.15, 0.2) is 0 Å². The molecular weight excluding hydrogens is 210 g/mol. The second-order valence-corrected chi connectivity index (χ2v) is 3.85. The standard InChI is InChI=1S/C10H19N3O3/c1-7-10(15)12-3-4-13(7)9(14)5-8(6-11)16-2/h7-8H,3-6,11H2,1-2H3,(H,12,15). The quantitative estimate of drug-likeness (QED) is 0.627. The molecular formula is C10H19N3O3. The Morgan fingerprint density at radius 2 is 2.44 bits per heavy atom. The van der Waals surface area contributed by atoms with Crippen LogP contribution < -0.4 is 11.1 Å². The molecule has 2 amide bonds. The van der Waals surface area contributed by atoms with Gasteiger partial charge in [0, 0.05) is 26.7 Å². The van der Waals surface area contributed by atoms with Crippen LogP contribution in [0.1, 0.15) is 13.3 Å². The Morgan fingerprint density at radius 3 is 3.00 bits per heavy atom. The summed E-state index contributed by atoms with van der Waals surface area (Å²) in [5.41, 5.74) is 5.45. The van der Waals surface area contributed by atoms with Crippen molar-refractivity contribution in [1.82, 2.24) is 10.2 Å². The molecule has 2 unspecified atom stereocenters. The molecule has 92 valence electrons. The third-order valence-electron chi connectivity index (χ3n) is 2.82. The number of piperazine rings is 1. The van der Waals surface area contributed by atoms with Crippen molar-refractivity contribution in [1.29, 1.82) is 0 Å². The van der Waals surface area contributed by atoms with Gasteiger partial charge in [-0.3, -0.25) is 9.59 Å². The molecule has 1 rings (SSSR count). The summed E-state index contributed by atoms with van der Waals surface area (Å²) in [6, 6.07) is -0.406. The monoisotopic (exact) mass is 229 g/mol. The van der Waals surface area contributed by atoms with Crippen LogP contribution >= 0.6 is 0 Å². The molecule has 6 heteroatoms. The summed E-state index contributed by atoms with van der Waals surface area (Å²) < 4.78 is 5.05. The van der Waals surface area contributed by atoms with Crippen LogP contribution in [0.4, 0.5) is 0 Å². The number of rotatable bonds is 4. The summed E-state index contributed by atoms with van der Waals surface area (Å²) in [4.78, 5) is 24.8. The van der Waals surface area contributed by atoms with E-state index in [1.807, 2.05) is 0 Å². The van der Waals surface area contributed by atoms with Crippen LogP contribution in [0, 0.1) is 0 Å². The van der Waals surface area contributed by atoms with Gasteiger partial charge in [-0.2, -0.15) is 0 Å². The van der Waals surface area contributed by atoms with Crippen LogP contribution in [0.2, 0.25) is 0 Å². The number of nitrogens with one attached hydrogen (secondary N) is 1. The lowest BCUT2D eigenvalue weighted by atomic mass is 10.1. The van der Waals surface area contributed by atoms with Gasteiger partial charge in [-0.15, -0.1) is 0 Å². The molecule has 0 radical (unpaired) electrons. The molecule has 0 aromatic heterocycles. The molecule has 2 atom stereocenters. The largest absolute Gasteiger partial charge is 0.380 e. The highest BCUT2D eigenvalue weighted by Gasteiger charge is 2.29. The van der Waals surface area contributed by atoms with Crippen LogP contribution in [-0.4, -0.2) is 55.6 Å². The molecule has 1 saturated heterocycles. The number of amides is 2. The molecule has 1 fully saturated rings. The fourth-order valence-electron chi connectivity index (χ4n) is 1.70. The molecule has 0 aromatic rings. The average Bonchev–Trinajstić information content (AvgIpc) is 2.29. The number of hydrogen-bond acceptors (Lipinski definition) is 4. The van der Waals surface area contributed by atoms with Crippen LogP contribution in [-0.2, 0) is 14.3 Å². The lowest BCUT2D eigenvalue weighted by Gasteiger charge is -2.33. The third kappa shape index (κ3) is 2.93. The van der Waals surface area contributed by atoms with E-state index in [9.17, 15) is 9.59 Å². The van der Waals surface area contributed by atoms with Gasteiger partial charge in [0.05, 0.1) is 12.5 Å². The molecule has 0 aromatic carbocycles. The number of ether oxygens (including phenoxy) is 1. The van der Waals surface area contributed by atoms with Gasteiger partial charge in [-0.25, -0.2) is 0 Å². The fraction of sp³-hybridized carbons (Fsp3) is 0.800. The Balaban J connectivity index is 2.55. The van der Waals surface area contributed by atoms with Crippen LogP contribution in [0.15, 0.2) is 0 Å². The van der Waals surface area contributed by atoms with E-state index in [4.69, 9.17) is 10.5 Å². The van der Waals surface area contributed by atoms with E-state index in [2.05, 4.69) is 5.32 Å². The highest BCUT2D eigenvalue weighted by molar-refractivity contribution is 5.88. The van der Waals surface area contributed by atoms with Gasteiger partial charge in [0.1, 0.15) is 6.04 Å². The summed E-state index contributed by atoms with van der Waals surface area (Å²) >= 11 is 0. The van der Waals surface area contributed by atoms with Crippen LogP contribution in [0.3, 0.4) is 0 Å². The highest BCUT2D eigenvalue weighted by Crippen LogP contribution is 2.08. The third-order valence-corrected chi connectivity index (χ3v) is 2.82. The lowest BCUT2D eigenvalue weighted by molar-refractivity contribution is -0.144. The number of carbonyl (C=O) groups excluding carboxylic acids is 2. The van der Waals surface area contributed by atoms with Crippen molar-refractivity contribution < 1.29 is 14.3 Å². The van der Waals surface area contributed by atoms with Crippen molar-refractivity contribution in [3.05, 3.63) is 0 Å². The van der Waals surface area contributed by atoms with Gasteiger partial charge in [0.2, 0.25) is 11.8 Å². The summed E-state index contributed by atoms with van der Waals surface area (Å²) in [5, 5.41) is 2.71. The molecule has 6 nitrogen and oxygen atoms in total. The Hall–Kier alpha value is -1.14. The second-order valence-electron chi connectivity index (χ2n) is 3.85. The normalized spacial score (nSPS) is 22.8. The van der Waals surface area contributed by atoms with Gasteiger partial charge >= 0.3 is 0 Å². The minimum atomic E-state index is -0.406. The zero-order valence-electron chi connectivity index (χ0n) is 9.73. The van der Waals surface area contributed by atoms with Crippen molar-refractivity contribution in [3.63, 3.8) is 0 Å². The van der Waals surface area contributed by atoms with Crippen molar-refractivity contribution in [3.8, 4) is 0 Å². The molecule has 1 heterocycles. The highest BCUT2D eigenvalue weighted by atomic mass is 16.5. The Morgan fingerprint density at radius 1 is 1.75 bits per heavy atom. The van der Waals surface area contributed by atoms with Crippen LogP contribution in [0.5, 0.6) is 0 Å². The second kappa shape index (κ2) is 5.81. The zero-order valence-corrected chi connectivity index (χ0v) is 9.73. The number of hydrogen-bond donors (Lipinski definition) is 2. The van der Waals surface area contributed by atoms with E-state index in [0.29, 0.717) is 19.6 Å². The minimum absolute atomic E-state index is 0.0837. The number of nitrogens with zero attached hydrogens (tertiary/aromatic N) is 1. The first-order chi connectivity index (χ1) is 7.60. The van der Waals surface area contributed by atoms with Crippen molar-refractivity contribution in [2.75, 3.05) is 26.7 Å². The summed E-state index contributed by atoms with van der Waals surface area (Å²) in [5.74, 6) is -0.194. The van der Waals surface area contributed by atoms with E-state index >= 15 is 0 Å². The molecule has 3 N–H and O–H groups in total. The first kappa shape index (κ1) is 12.9. The first-order valence-electron chi connectivity index (χ1n) is 5.40. The predicted molar refractivity (Wildman–Crippen MR) is 58.7 cm³/mol. The number of methoxy groups -OCH3 is 1. The maximum Gasteiger partial charge on any atom is 0.242 e. The SMILES string of the molecule is COC(CN)CC(=O)N1CCNC(=O)C1C. The molecule has 1 aliphatic heterocycles. The molecule has 16 heavy (non-hydrogen) atoms. The minimum Gasteiger partial charge on any atom is -0.380 e. The average molecular weight is 229 g/mol. The van der Waals surface area contributed by atoms with E-state index in [1.165, 1.54) is 7.11 Å². The zero-order chi connectivity index (χ0) is 12.1. The Kier molecular flexibility index (Phi) is 4.70. The van der Waals surface area contributed by atoms with Crippen molar-refractivity contribution in [2.45, 2.75) is 25.5 Å². The Bertz CT molecular complexity index is 266. The van der Waals surface area contributed by atoms with E-state index < -0.39 is 6.04 Å². The Labute approximate surface area is 95.1 Å². The van der Waals surface area contributed by atoms with E-state index in [1.54, 1.807) is 11.8 Å². The molecule has 1 aliphatic rings. The topological polar surface area (TPSA) is 84.7 Å². The molecule has 0 bridgehead atoms. The smallest absolute Gasteiger partial charge is 0.242 e. The predicted octanol–water partition coefficient (Wildman–Crippen LogP) is -1.30. The first-order valence-corrected chi connectivity index (χ1v) is 5.40. The van der Waals surface area contributed by atoms with Gasteiger partial charge < -0.3 is 20.7 Å². The molecule has 0 saturated carbocycles. The van der Waals surface area contributed by atoms with E-state index in [0.717, 1.165) is 0 Å². The summed E-state index contributed by atoms with van der Waals surface area (Å²) in [6.07, 6.45) is -0.0466. The fourth-order valence-corrected chi connectivity index (χ4v) is 1.70. The van der Waals surface area contributed by atoms with Crippen molar-refractivity contribution in [2.24, 2.45) is 5.73 Å². The van der Waals surface area contributed by atoms with Gasteiger partial charge in [0.25, 0.3) is 0 Å². The van der Waals surface area contributed by atoms with Gasteiger partial charge in [-0.1, -0.05) is 0 Å². The van der Waals surface area contributed by atoms with E-state index in [-0.39, 0.29) is 24.3 Å². The van der Waals surface area contributed by atoms with Gasteiger partial charge in [-0.05, 0) is 6.92 Å². The maximum atomic E-state index is 11.9. The maximum absolute atomic E-state index is 11.9.